The Balaban J connectivity index is 0.00000196. The van der Waals surface area contributed by atoms with Crippen molar-refractivity contribution in [2.45, 2.75) is 50.0 Å². The van der Waals surface area contributed by atoms with Gasteiger partial charge in [-0.2, -0.15) is 0 Å². The molecule has 1 aliphatic heterocycles. The van der Waals surface area contributed by atoms with E-state index in [-0.39, 0.29) is 24.0 Å². The van der Waals surface area contributed by atoms with Gasteiger partial charge in [0.2, 0.25) is 0 Å². The molecule has 4 rings (SSSR count). The molecule has 144 valence electrons. The fraction of sp³-hybridized carbons (Fsp3) is 0.667. The highest BCUT2D eigenvalue weighted by Crippen LogP contribution is 2.43. The van der Waals surface area contributed by atoms with Gasteiger partial charge in [0.05, 0.1) is 0 Å². The van der Waals surface area contributed by atoms with Gasteiger partial charge in [-0.15, -0.1) is 24.0 Å². The lowest BCUT2D eigenvalue weighted by atomic mass is 9.64. The van der Waals surface area contributed by atoms with Gasteiger partial charge < -0.3 is 15.5 Å². The molecule has 2 N–H and O–H groups in total. The van der Waals surface area contributed by atoms with Crippen molar-refractivity contribution in [3.8, 4) is 0 Å². The van der Waals surface area contributed by atoms with Crippen LogP contribution in [0.1, 0.15) is 44.1 Å². The molecule has 1 atom stereocenters. The molecular weight excluding hydrogens is 435 g/mol. The first-order chi connectivity index (χ1) is 12.3. The van der Waals surface area contributed by atoms with Crippen LogP contribution in [0.3, 0.4) is 0 Å². The molecule has 0 radical (unpaired) electrons. The number of aliphatic imine (C=N–C) groups is 1. The fourth-order valence-electron chi connectivity index (χ4n) is 4.48. The highest BCUT2D eigenvalue weighted by Gasteiger charge is 2.38. The number of benzene rings is 1. The van der Waals surface area contributed by atoms with Crippen LogP contribution in [0.4, 0.5) is 0 Å². The summed E-state index contributed by atoms with van der Waals surface area (Å²) in [7, 11) is 1.89. The number of hydrogen-bond donors (Lipinski definition) is 2. The van der Waals surface area contributed by atoms with Crippen LogP contribution in [0.2, 0.25) is 0 Å². The van der Waals surface area contributed by atoms with E-state index < -0.39 is 0 Å². The van der Waals surface area contributed by atoms with Crippen molar-refractivity contribution >= 4 is 29.9 Å². The summed E-state index contributed by atoms with van der Waals surface area (Å²) < 4.78 is 0. The summed E-state index contributed by atoms with van der Waals surface area (Å²) in [5.74, 6) is 1.73. The third-order valence-electron chi connectivity index (χ3n) is 6.45. The van der Waals surface area contributed by atoms with Gasteiger partial charge in [0.25, 0.3) is 0 Å². The topological polar surface area (TPSA) is 39.7 Å². The smallest absolute Gasteiger partial charge is 0.191 e. The van der Waals surface area contributed by atoms with E-state index in [9.17, 15) is 0 Å². The lowest BCUT2D eigenvalue weighted by Crippen LogP contribution is -2.49. The molecule has 26 heavy (non-hydrogen) atoms. The van der Waals surface area contributed by atoms with E-state index in [1.807, 2.05) is 7.05 Å². The van der Waals surface area contributed by atoms with Crippen molar-refractivity contribution < 1.29 is 0 Å². The van der Waals surface area contributed by atoms with E-state index in [1.165, 1.54) is 57.2 Å². The van der Waals surface area contributed by atoms with Crippen molar-refractivity contribution in [2.24, 2.45) is 10.9 Å². The van der Waals surface area contributed by atoms with Crippen molar-refractivity contribution in [1.82, 2.24) is 15.5 Å². The van der Waals surface area contributed by atoms with Crippen LogP contribution in [-0.2, 0) is 5.41 Å². The lowest BCUT2D eigenvalue weighted by Gasteiger charge is -2.43. The van der Waals surface area contributed by atoms with Crippen LogP contribution >= 0.6 is 24.0 Å². The molecule has 1 heterocycles. The molecule has 5 heteroatoms. The van der Waals surface area contributed by atoms with E-state index in [2.05, 4.69) is 50.9 Å². The molecule has 1 saturated heterocycles. The summed E-state index contributed by atoms with van der Waals surface area (Å²) in [6.45, 7) is 4.58. The molecule has 2 aliphatic carbocycles. The van der Waals surface area contributed by atoms with Gasteiger partial charge in [-0.25, -0.2) is 0 Å². The zero-order valence-electron chi connectivity index (χ0n) is 15.9. The minimum atomic E-state index is 0. The predicted octanol–water partition coefficient (Wildman–Crippen LogP) is 3.38. The predicted molar refractivity (Wildman–Crippen MR) is 119 cm³/mol. The first-order valence-electron chi connectivity index (χ1n) is 10.0. The Bertz CT molecular complexity index is 595. The maximum atomic E-state index is 4.45. The van der Waals surface area contributed by atoms with E-state index in [1.54, 1.807) is 0 Å². The van der Waals surface area contributed by atoms with Crippen LogP contribution < -0.4 is 10.6 Å². The summed E-state index contributed by atoms with van der Waals surface area (Å²) in [4.78, 5) is 7.13. The zero-order chi connectivity index (χ0) is 17.1. The van der Waals surface area contributed by atoms with Gasteiger partial charge in [-0.1, -0.05) is 36.8 Å². The minimum absolute atomic E-state index is 0. The largest absolute Gasteiger partial charge is 0.356 e. The quantitative estimate of drug-likeness (QED) is 0.382. The summed E-state index contributed by atoms with van der Waals surface area (Å²) in [5.41, 5.74) is 1.77. The molecule has 0 bridgehead atoms. The van der Waals surface area contributed by atoms with Crippen LogP contribution in [-0.4, -0.2) is 50.1 Å². The van der Waals surface area contributed by atoms with Gasteiger partial charge in [0.15, 0.2) is 5.96 Å². The van der Waals surface area contributed by atoms with Gasteiger partial charge >= 0.3 is 0 Å². The fourth-order valence-corrected chi connectivity index (χ4v) is 4.48. The molecule has 4 nitrogen and oxygen atoms in total. The Morgan fingerprint density at radius 2 is 1.92 bits per heavy atom. The molecule has 0 amide bonds. The van der Waals surface area contributed by atoms with Crippen molar-refractivity contribution in [2.75, 3.05) is 33.2 Å². The molecule has 1 aromatic rings. The second-order valence-corrected chi connectivity index (χ2v) is 8.19. The van der Waals surface area contributed by atoms with Crippen LogP contribution in [0.25, 0.3) is 0 Å². The highest BCUT2D eigenvalue weighted by molar-refractivity contribution is 14.0. The number of nitrogens with one attached hydrogen (secondary N) is 2. The Morgan fingerprint density at radius 1 is 1.15 bits per heavy atom. The number of halogens is 1. The summed E-state index contributed by atoms with van der Waals surface area (Å²) in [5, 5.41) is 7.18. The normalized spacial score (nSPS) is 25.3. The van der Waals surface area contributed by atoms with E-state index in [4.69, 9.17) is 0 Å². The average molecular weight is 468 g/mol. The first-order valence-corrected chi connectivity index (χ1v) is 10.0. The Hall–Kier alpha value is -0.820. The van der Waals surface area contributed by atoms with Gasteiger partial charge in [0.1, 0.15) is 0 Å². The summed E-state index contributed by atoms with van der Waals surface area (Å²) >= 11 is 0. The van der Waals surface area contributed by atoms with E-state index in [0.29, 0.717) is 5.41 Å². The lowest BCUT2D eigenvalue weighted by molar-refractivity contribution is 0.243. The molecule has 1 aromatic carbocycles. The molecule has 3 aliphatic rings. The maximum absolute atomic E-state index is 4.45. The SMILES string of the molecule is CN=C(NCC1CCN(C2CC2)C1)NCC1(c2ccccc2)CCC1.I. The molecular formula is C21H33IN4. The van der Waals surface area contributed by atoms with Crippen molar-refractivity contribution in [3.05, 3.63) is 35.9 Å². The second-order valence-electron chi connectivity index (χ2n) is 8.19. The Morgan fingerprint density at radius 3 is 2.54 bits per heavy atom. The summed E-state index contributed by atoms with van der Waals surface area (Å²) in [6.07, 6.45) is 8.06. The van der Waals surface area contributed by atoms with Crippen LogP contribution in [0.5, 0.6) is 0 Å². The number of rotatable bonds is 6. The highest BCUT2D eigenvalue weighted by atomic mass is 127. The van der Waals surface area contributed by atoms with Gasteiger partial charge in [-0.05, 0) is 50.1 Å². The van der Waals surface area contributed by atoms with E-state index in [0.717, 1.165) is 31.0 Å². The molecule has 0 aromatic heterocycles. The van der Waals surface area contributed by atoms with Crippen molar-refractivity contribution in [3.63, 3.8) is 0 Å². The van der Waals surface area contributed by atoms with Gasteiger partial charge in [0, 0.05) is 38.1 Å². The Labute approximate surface area is 175 Å². The summed E-state index contributed by atoms with van der Waals surface area (Å²) in [6, 6.07) is 11.9. The second kappa shape index (κ2) is 8.91. The van der Waals surface area contributed by atoms with Crippen LogP contribution in [0, 0.1) is 5.92 Å². The minimum Gasteiger partial charge on any atom is -0.356 e. The average Bonchev–Trinajstić information content (AvgIpc) is 3.36. The van der Waals surface area contributed by atoms with Gasteiger partial charge in [-0.3, -0.25) is 4.99 Å². The number of hydrogen-bond acceptors (Lipinski definition) is 2. The Kier molecular flexibility index (Phi) is 6.83. The first kappa shape index (κ1) is 19.9. The van der Waals surface area contributed by atoms with E-state index >= 15 is 0 Å². The third-order valence-corrected chi connectivity index (χ3v) is 6.45. The number of likely N-dealkylation sites (tertiary alicyclic amines) is 1. The number of guanidine groups is 1. The maximum Gasteiger partial charge on any atom is 0.191 e. The molecule has 3 fully saturated rings. The monoisotopic (exact) mass is 468 g/mol. The number of nitrogens with zero attached hydrogens (tertiary/aromatic N) is 2. The van der Waals surface area contributed by atoms with Crippen molar-refractivity contribution in [1.29, 1.82) is 0 Å². The van der Waals surface area contributed by atoms with Crippen LogP contribution in [0.15, 0.2) is 35.3 Å². The third kappa shape index (κ3) is 4.53. The molecule has 1 unspecified atom stereocenters. The molecule has 2 saturated carbocycles. The standard InChI is InChI=1S/C21H32N4.HI/c1-22-20(23-14-17-10-13-25(15-17)19-8-9-19)24-16-21(11-5-12-21)18-6-3-2-4-7-18;/h2-4,6-7,17,19H,5,8-16H2,1H3,(H2,22,23,24);1H. The zero-order valence-corrected chi connectivity index (χ0v) is 18.2. The molecule has 0 spiro atoms.